The van der Waals surface area contributed by atoms with Gasteiger partial charge in [-0.1, -0.05) is 0 Å². The van der Waals surface area contributed by atoms with Gasteiger partial charge in [0.2, 0.25) is 0 Å². The fourth-order valence-corrected chi connectivity index (χ4v) is 0.750. The van der Waals surface area contributed by atoms with Crippen LogP contribution in [0.1, 0.15) is 13.3 Å². The molecule has 0 saturated heterocycles. The van der Waals surface area contributed by atoms with Crippen molar-refractivity contribution in [2.75, 3.05) is 0 Å². The summed E-state index contributed by atoms with van der Waals surface area (Å²) in [4.78, 5) is 24.5. The fourth-order valence-electron chi connectivity index (χ4n) is 0.250. The third-order valence-electron chi connectivity index (χ3n) is 0.789. The van der Waals surface area contributed by atoms with Crippen molar-refractivity contribution in [2.24, 2.45) is 0 Å². The molecular weight excluding hydrogens is 166 g/mol. The molecule has 0 aliphatic rings. The zero-order valence-corrected chi connectivity index (χ0v) is 9.13. The average Bonchev–Trinajstić information content (AvgIpc) is 1.85. The Morgan fingerprint density at radius 1 is 1.60 bits per heavy atom. The van der Waals surface area contributed by atoms with Gasteiger partial charge in [-0.3, -0.25) is 4.57 Å². The van der Waals surface area contributed by atoms with Crippen LogP contribution in [-0.4, -0.2) is 43.5 Å². The molecule has 0 saturated carbocycles. The minimum Gasteiger partial charge on any atom is -0.326 e. The Morgan fingerprint density at radius 3 is 1.90 bits per heavy atom. The second-order valence-electron chi connectivity index (χ2n) is 1.53. The van der Waals surface area contributed by atoms with E-state index in [4.69, 9.17) is 14.4 Å². The normalized spacial score (nSPS) is 8.60. The zero-order chi connectivity index (χ0) is 8.57. The van der Waals surface area contributed by atoms with Gasteiger partial charge in [0.15, 0.2) is 0 Å². The number of Topliss-reactive ketones (excluding diaryl/α,β-unsaturated/α-hetero) is 1. The van der Waals surface area contributed by atoms with Crippen molar-refractivity contribution in [3.8, 4) is 0 Å². The third kappa shape index (κ3) is 23.2. The van der Waals surface area contributed by atoms with Crippen molar-refractivity contribution in [3.63, 3.8) is 0 Å². The molecule has 4 nitrogen and oxygen atoms in total. The minimum atomic E-state index is -3.13. The first-order valence-corrected chi connectivity index (χ1v) is 5.69. The summed E-state index contributed by atoms with van der Waals surface area (Å²) in [7, 11) is -3.13. The number of hydrogen-bond acceptors (Lipinski definition) is 2. The smallest absolute Gasteiger partial charge is 0.314 e. The predicted octanol–water partition coefficient (Wildman–Crippen LogP) is -0.0870. The molecule has 2 N–H and O–H groups in total. The Balaban J connectivity index is 0. The largest absolute Gasteiger partial charge is 0.326 e. The summed E-state index contributed by atoms with van der Waals surface area (Å²) in [5, 5.41) is 0. The summed E-state index contributed by atoms with van der Waals surface area (Å²) in [6.45, 7) is 1.90. The van der Waals surface area contributed by atoms with Crippen LogP contribution < -0.4 is 0 Å². The van der Waals surface area contributed by atoms with E-state index in [0.29, 0.717) is 5.78 Å². The molecule has 0 unspecified atom stereocenters. The van der Waals surface area contributed by atoms with Crippen LogP contribution in [-0.2, 0) is 9.36 Å². The van der Waals surface area contributed by atoms with Crippen LogP contribution in [0.2, 0.25) is 3.67 Å². The van der Waals surface area contributed by atoms with Gasteiger partial charge in [-0.2, -0.15) is 0 Å². The fraction of sp³-hybridized carbons (Fsp3) is 0.750. The molecule has 0 aromatic rings. The Labute approximate surface area is 78.0 Å². The quantitative estimate of drug-likeness (QED) is 0.455. The molecule has 0 atom stereocenters. The predicted molar refractivity (Wildman–Crippen MR) is 39.3 cm³/mol. The van der Waals surface area contributed by atoms with Gasteiger partial charge in [-0.05, 0) is 0 Å². The summed E-state index contributed by atoms with van der Waals surface area (Å²) in [6.07, 6.45) is 0.726. The Morgan fingerprint density at radius 2 is 1.90 bits per heavy atom. The molecule has 0 aromatic heterocycles. The van der Waals surface area contributed by atoms with E-state index in [-0.39, 0.29) is 0 Å². The number of carbonyl (C=O) groups excluding carboxylic acids is 1. The van der Waals surface area contributed by atoms with Gasteiger partial charge in [0.1, 0.15) is 0 Å². The molecule has 0 fully saturated rings. The SMILES string of the molecule is CCC(=O)[CH2][Na].O=[PH](O)O. The third-order valence-corrected chi connectivity index (χ3v) is 1.58. The van der Waals surface area contributed by atoms with Crippen molar-refractivity contribution >= 4 is 42.0 Å². The van der Waals surface area contributed by atoms with E-state index in [0.717, 1.165) is 38.0 Å². The first kappa shape index (κ1) is 13.4. The maximum Gasteiger partial charge on any atom is 0.314 e. The summed E-state index contributed by atoms with van der Waals surface area (Å²) in [5.74, 6) is 0.404. The van der Waals surface area contributed by atoms with Crippen LogP contribution in [0.25, 0.3) is 0 Å². The van der Waals surface area contributed by atoms with Crippen molar-refractivity contribution in [2.45, 2.75) is 17.0 Å². The monoisotopic (exact) mass is 176 g/mol. The molecule has 10 heavy (non-hydrogen) atoms. The van der Waals surface area contributed by atoms with Gasteiger partial charge in [0.05, 0.1) is 0 Å². The molecule has 0 aliphatic carbocycles. The first-order chi connectivity index (χ1) is 4.54. The van der Waals surface area contributed by atoms with Crippen LogP contribution in [0.5, 0.6) is 0 Å². The molecule has 0 aromatic carbocycles. The first-order valence-electron chi connectivity index (χ1n) is 2.98. The van der Waals surface area contributed by atoms with E-state index < -0.39 is 8.25 Å². The minimum absolute atomic E-state index is 0.404. The second-order valence-corrected chi connectivity index (χ2v) is 2.80. The number of ketones is 1. The molecule has 0 rings (SSSR count). The molecular formula is C4H10NaO4P. The van der Waals surface area contributed by atoms with Crippen molar-refractivity contribution in [3.05, 3.63) is 0 Å². The van der Waals surface area contributed by atoms with Gasteiger partial charge >= 0.3 is 63.8 Å². The number of hydrogen-bond donors (Lipinski definition) is 2. The zero-order valence-electron chi connectivity index (χ0n) is 6.13. The van der Waals surface area contributed by atoms with Gasteiger partial charge in [0.25, 0.3) is 0 Å². The van der Waals surface area contributed by atoms with Gasteiger partial charge < -0.3 is 9.79 Å². The molecule has 0 bridgehead atoms. The molecule has 6 heteroatoms. The maximum absolute atomic E-state index is 10.2. The van der Waals surface area contributed by atoms with Crippen LogP contribution in [0.15, 0.2) is 0 Å². The molecule has 0 amide bonds. The van der Waals surface area contributed by atoms with Gasteiger partial charge in [0, 0.05) is 0 Å². The maximum atomic E-state index is 10.2. The summed E-state index contributed by atoms with van der Waals surface area (Å²) in [6, 6.07) is 0. The molecule has 0 aliphatic heterocycles. The standard InChI is InChI=1S/C4H7O.Na.H3O3P/c1-3-4(2)5;;1-4(2)3/h2-3H2,1H3;;4H,(H2,1,2,3). The summed E-state index contributed by atoms with van der Waals surface area (Å²) in [5.41, 5.74) is 0. The molecule has 56 valence electrons. The average molecular weight is 176 g/mol. The summed E-state index contributed by atoms with van der Waals surface area (Å²) >= 11 is 1.03. The van der Waals surface area contributed by atoms with E-state index >= 15 is 0 Å². The van der Waals surface area contributed by atoms with Crippen molar-refractivity contribution < 1.29 is 19.1 Å². The molecule has 0 heterocycles. The van der Waals surface area contributed by atoms with E-state index in [9.17, 15) is 4.79 Å². The van der Waals surface area contributed by atoms with Crippen molar-refractivity contribution in [1.29, 1.82) is 0 Å². The Bertz CT molecular complexity index is 106. The summed E-state index contributed by atoms with van der Waals surface area (Å²) < 4.78 is 9.57. The molecule has 0 spiro atoms. The van der Waals surface area contributed by atoms with Crippen LogP contribution in [0.4, 0.5) is 0 Å². The van der Waals surface area contributed by atoms with Gasteiger partial charge in [-0.25, -0.2) is 0 Å². The van der Waals surface area contributed by atoms with Crippen LogP contribution >= 0.6 is 8.25 Å². The Hall–Kier alpha value is 0.820. The van der Waals surface area contributed by atoms with Crippen LogP contribution in [0, 0.1) is 0 Å². The van der Waals surface area contributed by atoms with Crippen LogP contribution in [0.3, 0.4) is 0 Å². The van der Waals surface area contributed by atoms with E-state index in [1.807, 2.05) is 6.92 Å². The molecule has 0 radical (unpaired) electrons. The Kier molecular flexibility index (Phi) is 13.2. The second kappa shape index (κ2) is 9.82. The van der Waals surface area contributed by atoms with E-state index in [1.165, 1.54) is 0 Å². The van der Waals surface area contributed by atoms with E-state index in [2.05, 4.69) is 0 Å². The number of carbonyl (C=O) groups is 1. The van der Waals surface area contributed by atoms with Gasteiger partial charge in [-0.15, -0.1) is 0 Å². The topological polar surface area (TPSA) is 74.6 Å². The van der Waals surface area contributed by atoms with Crippen molar-refractivity contribution in [1.82, 2.24) is 0 Å². The van der Waals surface area contributed by atoms with E-state index in [1.54, 1.807) is 0 Å². The number of rotatable bonds is 2.